The number of hydrogen-bond acceptors (Lipinski definition) is 4. The molecule has 21 heavy (non-hydrogen) atoms. The molecule has 5 heteroatoms. The van der Waals surface area contributed by atoms with Gasteiger partial charge in [-0.25, -0.2) is 0 Å². The van der Waals surface area contributed by atoms with Gasteiger partial charge in [-0.1, -0.05) is 0 Å². The van der Waals surface area contributed by atoms with E-state index in [0.29, 0.717) is 17.2 Å². The molecule has 1 fully saturated rings. The van der Waals surface area contributed by atoms with Crippen molar-refractivity contribution in [1.82, 2.24) is 0 Å². The van der Waals surface area contributed by atoms with Crippen LogP contribution in [0.25, 0.3) is 0 Å². The molecule has 1 aliphatic carbocycles. The summed E-state index contributed by atoms with van der Waals surface area (Å²) in [5.74, 6) is 1.17. The molecule has 0 unspecified atom stereocenters. The van der Waals surface area contributed by atoms with Gasteiger partial charge in [0, 0.05) is 18.9 Å². The van der Waals surface area contributed by atoms with Crippen molar-refractivity contribution >= 4 is 11.6 Å². The van der Waals surface area contributed by atoms with Gasteiger partial charge in [0.25, 0.3) is 5.91 Å². The molecule has 1 aromatic carbocycles. The number of methoxy groups -OCH3 is 2. The van der Waals surface area contributed by atoms with E-state index < -0.39 is 6.10 Å². The first-order valence-electron chi connectivity index (χ1n) is 7.32. The molecule has 1 aliphatic rings. The topological polar surface area (TPSA) is 56.8 Å². The first kappa shape index (κ1) is 15.6. The second kappa shape index (κ2) is 7.31. The summed E-state index contributed by atoms with van der Waals surface area (Å²) in [5.41, 5.74) is 0.678. The molecule has 0 spiro atoms. The van der Waals surface area contributed by atoms with E-state index in [0.717, 1.165) is 12.8 Å². The van der Waals surface area contributed by atoms with E-state index in [9.17, 15) is 4.79 Å². The van der Waals surface area contributed by atoms with Gasteiger partial charge in [-0.3, -0.25) is 4.79 Å². The van der Waals surface area contributed by atoms with Crippen molar-refractivity contribution in [2.45, 2.75) is 44.8 Å². The predicted molar refractivity (Wildman–Crippen MR) is 81.0 cm³/mol. The SMILES string of the molecule is COc1ccc(NC(=O)[C@H](C)OC)cc1OC1CCCC1. The molecule has 0 aliphatic heterocycles. The smallest absolute Gasteiger partial charge is 0.253 e. The quantitative estimate of drug-likeness (QED) is 0.876. The zero-order valence-electron chi connectivity index (χ0n) is 12.8. The highest BCUT2D eigenvalue weighted by molar-refractivity contribution is 5.94. The molecule has 1 saturated carbocycles. The first-order valence-corrected chi connectivity index (χ1v) is 7.32. The number of ether oxygens (including phenoxy) is 3. The average Bonchev–Trinajstić information content (AvgIpc) is 2.99. The fourth-order valence-corrected chi connectivity index (χ4v) is 2.38. The summed E-state index contributed by atoms with van der Waals surface area (Å²) in [6.07, 6.45) is 4.29. The second-order valence-corrected chi connectivity index (χ2v) is 5.26. The third-order valence-electron chi connectivity index (χ3n) is 3.75. The zero-order chi connectivity index (χ0) is 15.2. The van der Waals surface area contributed by atoms with Gasteiger partial charge in [0.2, 0.25) is 0 Å². The average molecular weight is 293 g/mol. The number of benzene rings is 1. The molecule has 1 atom stereocenters. The number of nitrogens with one attached hydrogen (secondary N) is 1. The van der Waals surface area contributed by atoms with Gasteiger partial charge < -0.3 is 19.5 Å². The van der Waals surface area contributed by atoms with E-state index in [1.54, 1.807) is 32.2 Å². The van der Waals surface area contributed by atoms with Crippen molar-refractivity contribution in [3.05, 3.63) is 18.2 Å². The van der Waals surface area contributed by atoms with Gasteiger partial charge >= 0.3 is 0 Å². The number of amides is 1. The lowest BCUT2D eigenvalue weighted by molar-refractivity contribution is -0.124. The molecule has 0 radical (unpaired) electrons. The molecule has 5 nitrogen and oxygen atoms in total. The normalized spacial score (nSPS) is 16.5. The standard InChI is InChI=1S/C16H23NO4/c1-11(19-2)16(18)17-12-8-9-14(20-3)15(10-12)21-13-6-4-5-7-13/h8-11,13H,4-7H2,1-3H3,(H,17,18)/t11-/m0/s1. The lowest BCUT2D eigenvalue weighted by atomic mass is 10.2. The number of carbonyl (C=O) groups excluding carboxylic acids is 1. The number of rotatable bonds is 6. The summed E-state index contributed by atoms with van der Waals surface area (Å²) in [6.45, 7) is 1.70. The van der Waals surface area contributed by atoms with Gasteiger partial charge in [0.15, 0.2) is 11.5 Å². The Balaban J connectivity index is 2.10. The van der Waals surface area contributed by atoms with Gasteiger partial charge in [-0.05, 0) is 44.7 Å². The van der Waals surface area contributed by atoms with E-state index in [4.69, 9.17) is 14.2 Å². The summed E-state index contributed by atoms with van der Waals surface area (Å²) in [5, 5.41) is 2.81. The van der Waals surface area contributed by atoms with Crippen molar-refractivity contribution in [3.8, 4) is 11.5 Å². The molecule has 1 amide bonds. The summed E-state index contributed by atoms with van der Waals surface area (Å²) in [4.78, 5) is 11.8. The van der Waals surface area contributed by atoms with Crippen LogP contribution in [0.15, 0.2) is 18.2 Å². The third-order valence-corrected chi connectivity index (χ3v) is 3.75. The van der Waals surface area contributed by atoms with Gasteiger partial charge in [-0.2, -0.15) is 0 Å². The highest BCUT2D eigenvalue weighted by Crippen LogP contribution is 2.33. The fourth-order valence-electron chi connectivity index (χ4n) is 2.38. The maximum atomic E-state index is 11.8. The van der Waals surface area contributed by atoms with Crippen molar-refractivity contribution in [1.29, 1.82) is 0 Å². The maximum Gasteiger partial charge on any atom is 0.253 e. The minimum Gasteiger partial charge on any atom is -0.493 e. The van der Waals surface area contributed by atoms with Crippen molar-refractivity contribution in [2.75, 3.05) is 19.5 Å². The van der Waals surface area contributed by atoms with Crippen LogP contribution in [0.5, 0.6) is 11.5 Å². The summed E-state index contributed by atoms with van der Waals surface area (Å²) in [7, 11) is 3.12. The Kier molecular flexibility index (Phi) is 5.44. The van der Waals surface area contributed by atoms with Crippen LogP contribution >= 0.6 is 0 Å². The second-order valence-electron chi connectivity index (χ2n) is 5.26. The number of anilines is 1. The van der Waals surface area contributed by atoms with Crippen LogP contribution in [0.2, 0.25) is 0 Å². The molecule has 2 rings (SSSR count). The molecular formula is C16H23NO4. The van der Waals surface area contributed by atoms with Gasteiger partial charge in [0.05, 0.1) is 13.2 Å². The van der Waals surface area contributed by atoms with E-state index in [-0.39, 0.29) is 12.0 Å². The Bertz CT molecular complexity index is 483. The van der Waals surface area contributed by atoms with Crippen molar-refractivity contribution < 1.29 is 19.0 Å². The summed E-state index contributed by atoms with van der Waals surface area (Å²) >= 11 is 0. The molecule has 0 heterocycles. The van der Waals surface area contributed by atoms with Crippen LogP contribution in [0.4, 0.5) is 5.69 Å². The largest absolute Gasteiger partial charge is 0.493 e. The predicted octanol–water partition coefficient (Wildman–Crippen LogP) is 2.99. The lowest BCUT2D eigenvalue weighted by Crippen LogP contribution is -2.26. The minimum absolute atomic E-state index is 0.186. The Labute approximate surface area is 125 Å². The van der Waals surface area contributed by atoms with Crippen LogP contribution in [-0.2, 0) is 9.53 Å². The summed E-state index contributed by atoms with van der Waals surface area (Å²) in [6, 6.07) is 5.40. The number of carbonyl (C=O) groups is 1. The van der Waals surface area contributed by atoms with Crippen molar-refractivity contribution in [2.24, 2.45) is 0 Å². The molecule has 1 N–H and O–H groups in total. The molecule has 0 bridgehead atoms. The zero-order valence-corrected chi connectivity index (χ0v) is 12.8. The maximum absolute atomic E-state index is 11.8. The van der Waals surface area contributed by atoms with E-state index >= 15 is 0 Å². The minimum atomic E-state index is -0.494. The molecular weight excluding hydrogens is 270 g/mol. The molecule has 0 saturated heterocycles. The van der Waals surface area contributed by atoms with Crippen LogP contribution < -0.4 is 14.8 Å². The molecule has 1 aromatic rings. The van der Waals surface area contributed by atoms with Crippen LogP contribution in [0.1, 0.15) is 32.6 Å². The van der Waals surface area contributed by atoms with Crippen LogP contribution in [0.3, 0.4) is 0 Å². The Morgan fingerprint density at radius 3 is 2.57 bits per heavy atom. The van der Waals surface area contributed by atoms with Gasteiger partial charge in [-0.15, -0.1) is 0 Å². The van der Waals surface area contributed by atoms with Gasteiger partial charge in [0.1, 0.15) is 6.10 Å². The highest BCUT2D eigenvalue weighted by atomic mass is 16.5. The number of hydrogen-bond donors (Lipinski definition) is 1. The third kappa shape index (κ3) is 4.11. The van der Waals surface area contributed by atoms with Crippen molar-refractivity contribution in [3.63, 3.8) is 0 Å². The van der Waals surface area contributed by atoms with Crippen LogP contribution in [-0.4, -0.2) is 32.3 Å². The van der Waals surface area contributed by atoms with E-state index in [1.807, 2.05) is 0 Å². The first-order chi connectivity index (χ1) is 10.1. The fraction of sp³-hybridized carbons (Fsp3) is 0.562. The monoisotopic (exact) mass is 293 g/mol. The Hall–Kier alpha value is -1.75. The van der Waals surface area contributed by atoms with E-state index in [1.165, 1.54) is 20.0 Å². The lowest BCUT2D eigenvalue weighted by Gasteiger charge is -2.17. The van der Waals surface area contributed by atoms with E-state index in [2.05, 4.69) is 5.32 Å². The Morgan fingerprint density at radius 2 is 1.95 bits per heavy atom. The molecule has 116 valence electrons. The summed E-state index contributed by atoms with van der Waals surface area (Å²) < 4.78 is 16.3. The Morgan fingerprint density at radius 1 is 1.24 bits per heavy atom. The molecule has 0 aromatic heterocycles. The van der Waals surface area contributed by atoms with Crippen LogP contribution in [0, 0.1) is 0 Å². The highest BCUT2D eigenvalue weighted by Gasteiger charge is 2.19.